The van der Waals surface area contributed by atoms with E-state index < -0.39 is 0 Å². The van der Waals surface area contributed by atoms with Crippen LogP contribution < -0.4 is 16.0 Å². The van der Waals surface area contributed by atoms with Gasteiger partial charge in [0.15, 0.2) is 0 Å². The fourth-order valence-electron chi connectivity index (χ4n) is 2.61. The zero-order valence-electron chi connectivity index (χ0n) is 11.8. The first-order valence-electron chi connectivity index (χ1n) is 6.92. The van der Waals surface area contributed by atoms with Crippen molar-refractivity contribution in [1.82, 2.24) is 5.32 Å². The lowest BCUT2D eigenvalue weighted by molar-refractivity contribution is -0.119. The SMILES string of the molecule is CC(=O)NCC1CCN(c2cccc(C)c2N)CC1. The van der Waals surface area contributed by atoms with Crippen molar-refractivity contribution in [3.05, 3.63) is 23.8 Å². The molecule has 1 fully saturated rings. The van der Waals surface area contributed by atoms with Crippen molar-refractivity contribution in [1.29, 1.82) is 0 Å². The highest BCUT2D eigenvalue weighted by Gasteiger charge is 2.20. The maximum absolute atomic E-state index is 10.9. The lowest BCUT2D eigenvalue weighted by atomic mass is 9.96. The molecular weight excluding hydrogens is 238 g/mol. The number of benzene rings is 1. The Kier molecular flexibility index (Phi) is 4.30. The van der Waals surface area contributed by atoms with E-state index in [1.54, 1.807) is 6.92 Å². The van der Waals surface area contributed by atoms with E-state index in [0.717, 1.165) is 49.4 Å². The Balaban J connectivity index is 1.92. The third kappa shape index (κ3) is 3.40. The minimum Gasteiger partial charge on any atom is -0.397 e. The van der Waals surface area contributed by atoms with Gasteiger partial charge in [0.2, 0.25) is 5.91 Å². The van der Waals surface area contributed by atoms with E-state index >= 15 is 0 Å². The van der Waals surface area contributed by atoms with Crippen molar-refractivity contribution in [2.45, 2.75) is 26.7 Å². The molecule has 1 amide bonds. The average Bonchev–Trinajstić information content (AvgIpc) is 2.40. The van der Waals surface area contributed by atoms with Crippen molar-refractivity contribution < 1.29 is 4.79 Å². The van der Waals surface area contributed by atoms with Gasteiger partial charge in [-0.3, -0.25) is 4.79 Å². The van der Waals surface area contributed by atoms with Crippen LogP contribution >= 0.6 is 0 Å². The summed E-state index contributed by atoms with van der Waals surface area (Å²) in [4.78, 5) is 13.3. The molecule has 0 spiro atoms. The number of hydrogen-bond acceptors (Lipinski definition) is 3. The summed E-state index contributed by atoms with van der Waals surface area (Å²) in [7, 11) is 0. The number of nitrogen functional groups attached to an aromatic ring is 1. The average molecular weight is 261 g/mol. The molecule has 1 aromatic carbocycles. The highest BCUT2D eigenvalue weighted by molar-refractivity contribution is 5.73. The van der Waals surface area contributed by atoms with Gasteiger partial charge in [-0.05, 0) is 37.3 Å². The Bertz CT molecular complexity index is 451. The molecule has 2 rings (SSSR count). The summed E-state index contributed by atoms with van der Waals surface area (Å²) in [6.45, 7) is 6.44. The summed E-state index contributed by atoms with van der Waals surface area (Å²) < 4.78 is 0. The fourth-order valence-corrected chi connectivity index (χ4v) is 2.61. The fraction of sp³-hybridized carbons (Fsp3) is 0.533. The maximum atomic E-state index is 10.9. The molecule has 0 unspecified atom stereocenters. The quantitative estimate of drug-likeness (QED) is 0.817. The number of nitrogens with one attached hydrogen (secondary N) is 1. The number of hydrogen-bond donors (Lipinski definition) is 2. The van der Waals surface area contributed by atoms with E-state index in [1.165, 1.54) is 0 Å². The van der Waals surface area contributed by atoms with E-state index in [1.807, 2.05) is 13.0 Å². The molecule has 3 N–H and O–H groups in total. The van der Waals surface area contributed by atoms with Crippen LogP contribution in [0.1, 0.15) is 25.3 Å². The van der Waals surface area contributed by atoms with Crippen molar-refractivity contribution in [3.8, 4) is 0 Å². The number of rotatable bonds is 3. The number of nitrogens with two attached hydrogens (primary N) is 1. The Morgan fingerprint density at radius 2 is 2.11 bits per heavy atom. The van der Waals surface area contributed by atoms with E-state index in [2.05, 4.69) is 22.3 Å². The van der Waals surface area contributed by atoms with Crippen LogP contribution in [0.4, 0.5) is 11.4 Å². The van der Waals surface area contributed by atoms with Crippen LogP contribution in [0.25, 0.3) is 0 Å². The normalized spacial score (nSPS) is 16.4. The van der Waals surface area contributed by atoms with Crippen molar-refractivity contribution in [2.24, 2.45) is 5.92 Å². The summed E-state index contributed by atoms with van der Waals surface area (Å²) >= 11 is 0. The molecule has 4 nitrogen and oxygen atoms in total. The van der Waals surface area contributed by atoms with Gasteiger partial charge in [-0.1, -0.05) is 12.1 Å². The molecule has 1 heterocycles. The molecule has 0 radical (unpaired) electrons. The summed E-state index contributed by atoms with van der Waals surface area (Å²) in [5.41, 5.74) is 9.33. The number of anilines is 2. The molecule has 1 aromatic rings. The zero-order chi connectivity index (χ0) is 13.8. The van der Waals surface area contributed by atoms with Gasteiger partial charge in [-0.2, -0.15) is 0 Å². The van der Waals surface area contributed by atoms with E-state index in [4.69, 9.17) is 5.73 Å². The van der Waals surface area contributed by atoms with Crippen LogP contribution in [-0.2, 0) is 4.79 Å². The van der Waals surface area contributed by atoms with Gasteiger partial charge in [0.25, 0.3) is 0 Å². The zero-order valence-corrected chi connectivity index (χ0v) is 11.8. The first kappa shape index (κ1) is 13.7. The third-order valence-electron chi connectivity index (χ3n) is 3.90. The molecule has 19 heavy (non-hydrogen) atoms. The summed E-state index contributed by atoms with van der Waals surface area (Å²) in [5.74, 6) is 0.650. The van der Waals surface area contributed by atoms with Crippen molar-refractivity contribution >= 4 is 17.3 Å². The van der Waals surface area contributed by atoms with Gasteiger partial charge in [0.1, 0.15) is 0 Å². The second kappa shape index (κ2) is 5.95. The van der Waals surface area contributed by atoms with E-state index in [9.17, 15) is 4.79 Å². The second-order valence-electron chi connectivity index (χ2n) is 5.38. The van der Waals surface area contributed by atoms with Crippen LogP contribution in [0.2, 0.25) is 0 Å². The predicted octanol–water partition coefficient (Wildman–Crippen LogP) is 1.93. The summed E-state index contributed by atoms with van der Waals surface area (Å²) in [6.07, 6.45) is 2.21. The molecular formula is C15H23N3O. The first-order chi connectivity index (χ1) is 9.08. The molecule has 1 aliphatic heterocycles. The molecule has 1 saturated heterocycles. The van der Waals surface area contributed by atoms with Crippen LogP contribution in [0.5, 0.6) is 0 Å². The molecule has 0 aliphatic carbocycles. The molecule has 1 aliphatic rings. The Morgan fingerprint density at radius 3 is 2.74 bits per heavy atom. The van der Waals surface area contributed by atoms with Crippen LogP contribution in [0.3, 0.4) is 0 Å². The summed E-state index contributed by atoms with van der Waals surface area (Å²) in [5, 5.41) is 2.91. The molecule has 0 atom stereocenters. The number of carbonyl (C=O) groups is 1. The second-order valence-corrected chi connectivity index (χ2v) is 5.38. The molecule has 0 saturated carbocycles. The van der Waals surface area contributed by atoms with E-state index in [0.29, 0.717) is 5.92 Å². The lowest BCUT2D eigenvalue weighted by Gasteiger charge is -2.34. The minimum atomic E-state index is 0.0605. The highest BCUT2D eigenvalue weighted by Crippen LogP contribution is 2.29. The van der Waals surface area contributed by atoms with Gasteiger partial charge in [0, 0.05) is 26.6 Å². The van der Waals surface area contributed by atoms with Crippen LogP contribution in [0.15, 0.2) is 18.2 Å². The number of piperidine rings is 1. The lowest BCUT2D eigenvalue weighted by Crippen LogP contribution is -2.38. The third-order valence-corrected chi connectivity index (χ3v) is 3.90. The van der Waals surface area contributed by atoms with Gasteiger partial charge in [0.05, 0.1) is 11.4 Å². The maximum Gasteiger partial charge on any atom is 0.216 e. The predicted molar refractivity (Wildman–Crippen MR) is 79.2 cm³/mol. The standard InChI is InChI=1S/C15H23N3O/c1-11-4-3-5-14(15(11)16)18-8-6-13(7-9-18)10-17-12(2)19/h3-5,13H,6-10,16H2,1-2H3,(H,17,19). The highest BCUT2D eigenvalue weighted by atomic mass is 16.1. The largest absolute Gasteiger partial charge is 0.397 e. The Morgan fingerprint density at radius 1 is 1.42 bits per heavy atom. The van der Waals surface area contributed by atoms with Crippen molar-refractivity contribution in [2.75, 3.05) is 30.3 Å². The van der Waals surface area contributed by atoms with Gasteiger partial charge < -0.3 is 16.0 Å². The molecule has 0 bridgehead atoms. The molecule has 4 heteroatoms. The van der Waals surface area contributed by atoms with Gasteiger partial charge >= 0.3 is 0 Å². The minimum absolute atomic E-state index is 0.0605. The summed E-state index contributed by atoms with van der Waals surface area (Å²) in [6, 6.07) is 6.20. The topological polar surface area (TPSA) is 58.4 Å². The molecule has 0 aromatic heterocycles. The van der Waals surface area contributed by atoms with Crippen molar-refractivity contribution in [3.63, 3.8) is 0 Å². The number of aryl methyl sites for hydroxylation is 1. The van der Waals surface area contributed by atoms with Crippen LogP contribution in [-0.4, -0.2) is 25.5 Å². The number of carbonyl (C=O) groups excluding carboxylic acids is 1. The van der Waals surface area contributed by atoms with Gasteiger partial charge in [-0.25, -0.2) is 0 Å². The molecule has 104 valence electrons. The van der Waals surface area contributed by atoms with E-state index in [-0.39, 0.29) is 5.91 Å². The van der Waals surface area contributed by atoms with Crippen LogP contribution in [0, 0.1) is 12.8 Å². The smallest absolute Gasteiger partial charge is 0.216 e. The number of nitrogens with zero attached hydrogens (tertiary/aromatic N) is 1. The van der Waals surface area contributed by atoms with Gasteiger partial charge in [-0.15, -0.1) is 0 Å². The number of amides is 1. The Labute approximate surface area is 115 Å². The number of para-hydroxylation sites is 1. The Hall–Kier alpha value is -1.71. The first-order valence-corrected chi connectivity index (χ1v) is 6.92. The monoisotopic (exact) mass is 261 g/mol.